The Morgan fingerprint density at radius 3 is 2.31 bits per heavy atom. The molecule has 5 nitrogen and oxygen atoms in total. The number of carbonyl (C=O) groups excluding carboxylic acids is 1. The standard InChI is InChI=1S/C8H12F3NO4/c1-5(16-4-8(9,10)11)7(15)12(2)3-6(13)14/h5H,3-4H2,1-2H3,(H,13,14). The summed E-state index contributed by atoms with van der Waals surface area (Å²) in [5, 5.41) is 8.36. The lowest BCUT2D eigenvalue weighted by Crippen LogP contribution is -2.40. The topological polar surface area (TPSA) is 66.8 Å². The van der Waals surface area contributed by atoms with Gasteiger partial charge in [-0.3, -0.25) is 9.59 Å². The number of carbonyl (C=O) groups is 2. The third-order valence-corrected chi connectivity index (χ3v) is 1.59. The molecule has 0 rings (SSSR count). The van der Waals surface area contributed by atoms with E-state index in [0.717, 1.165) is 11.8 Å². The van der Waals surface area contributed by atoms with Gasteiger partial charge >= 0.3 is 12.1 Å². The van der Waals surface area contributed by atoms with Crippen LogP contribution < -0.4 is 0 Å². The molecule has 0 saturated heterocycles. The molecule has 1 unspecified atom stereocenters. The van der Waals surface area contributed by atoms with E-state index in [1.54, 1.807) is 0 Å². The number of carboxylic acid groups (broad SMARTS) is 1. The minimum Gasteiger partial charge on any atom is -0.480 e. The highest BCUT2D eigenvalue weighted by Gasteiger charge is 2.30. The molecule has 0 heterocycles. The van der Waals surface area contributed by atoms with E-state index in [0.29, 0.717) is 0 Å². The van der Waals surface area contributed by atoms with Crippen LogP contribution in [0, 0.1) is 0 Å². The summed E-state index contributed by atoms with van der Waals surface area (Å²) in [5.74, 6) is -2.06. The molecule has 0 saturated carbocycles. The van der Waals surface area contributed by atoms with Gasteiger partial charge in [-0.25, -0.2) is 0 Å². The van der Waals surface area contributed by atoms with Crippen molar-refractivity contribution in [2.45, 2.75) is 19.2 Å². The predicted molar refractivity (Wildman–Crippen MR) is 46.7 cm³/mol. The van der Waals surface area contributed by atoms with E-state index in [-0.39, 0.29) is 0 Å². The number of halogens is 3. The van der Waals surface area contributed by atoms with E-state index in [1.165, 1.54) is 7.05 Å². The van der Waals surface area contributed by atoms with Crippen LogP contribution in [0.3, 0.4) is 0 Å². The molecule has 1 N–H and O–H groups in total. The Hall–Kier alpha value is -1.31. The van der Waals surface area contributed by atoms with Crippen molar-refractivity contribution < 1.29 is 32.6 Å². The fourth-order valence-electron chi connectivity index (χ4n) is 0.882. The Morgan fingerprint density at radius 1 is 1.44 bits per heavy atom. The van der Waals surface area contributed by atoms with Crippen LogP contribution in [0.5, 0.6) is 0 Å². The number of amides is 1. The summed E-state index contributed by atoms with van der Waals surface area (Å²) in [4.78, 5) is 22.3. The number of rotatable bonds is 5. The van der Waals surface area contributed by atoms with Crippen molar-refractivity contribution in [3.8, 4) is 0 Å². The summed E-state index contributed by atoms with van der Waals surface area (Å²) >= 11 is 0. The second-order valence-electron chi connectivity index (χ2n) is 3.16. The number of hydrogen-bond donors (Lipinski definition) is 1. The van der Waals surface area contributed by atoms with Crippen molar-refractivity contribution in [2.24, 2.45) is 0 Å². The maximum Gasteiger partial charge on any atom is 0.411 e. The summed E-state index contributed by atoms with van der Waals surface area (Å²) in [6.07, 6.45) is -5.84. The van der Waals surface area contributed by atoms with Crippen LogP contribution in [-0.2, 0) is 14.3 Å². The number of hydrogen-bond acceptors (Lipinski definition) is 3. The second-order valence-corrected chi connectivity index (χ2v) is 3.16. The summed E-state index contributed by atoms with van der Waals surface area (Å²) in [6.45, 7) is -0.994. The minimum absolute atomic E-state index is 0.585. The quantitative estimate of drug-likeness (QED) is 0.763. The molecule has 0 bridgehead atoms. The van der Waals surface area contributed by atoms with Crippen molar-refractivity contribution >= 4 is 11.9 Å². The first-order valence-corrected chi connectivity index (χ1v) is 4.28. The van der Waals surface area contributed by atoms with E-state index < -0.39 is 37.3 Å². The molecule has 1 amide bonds. The van der Waals surface area contributed by atoms with Gasteiger partial charge in [0.15, 0.2) is 0 Å². The van der Waals surface area contributed by atoms with Crippen LogP contribution in [0.4, 0.5) is 13.2 Å². The molecular weight excluding hydrogens is 231 g/mol. The number of likely N-dealkylation sites (N-methyl/N-ethyl adjacent to an activating group) is 1. The van der Waals surface area contributed by atoms with Crippen molar-refractivity contribution in [3.05, 3.63) is 0 Å². The molecule has 0 spiro atoms. The molecular formula is C8H12F3NO4. The Bertz CT molecular complexity index is 266. The Kier molecular flexibility index (Phi) is 5.22. The van der Waals surface area contributed by atoms with Gasteiger partial charge in [0.2, 0.25) is 0 Å². The highest BCUT2D eigenvalue weighted by atomic mass is 19.4. The molecule has 0 radical (unpaired) electrons. The van der Waals surface area contributed by atoms with Gasteiger partial charge in [0.05, 0.1) is 0 Å². The number of nitrogens with zero attached hydrogens (tertiary/aromatic N) is 1. The lowest BCUT2D eigenvalue weighted by atomic mass is 10.3. The Labute approximate surface area is 89.8 Å². The molecule has 94 valence electrons. The van der Waals surface area contributed by atoms with Gasteiger partial charge in [-0.1, -0.05) is 0 Å². The van der Waals surface area contributed by atoms with Gasteiger partial charge in [0, 0.05) is 7.05 Å². The van der Waals surface area contributed by atoms with Gasteiger partial charge in [0.1, 0.15) is 19.3 Å². The van der Waals surface area contributed by atoms with Crippen LogP contribution in [0.25, 0.3) is 0 Å². The van der Waals surface area contributed by atoms with Crippen LogP contribution in [-0.4, -0.2) is 54.4 Å². The van der Waals surface area contributed by atoms with E-state index >= 15 is 0 Å². The van der Waals surface area contributed by atoms with E-state index in [1.807, 2.05) is 0 Å². The maximum atomic E-state index is 11.7. The summed E-state index contributed by atoms with van der Waals surface area (Å²) < 4.78 is 39.5. The Balaban J connectivity index is 4.13. The van der Waals surface area contributed by atoms with Crippen LogP contribution >= 0.6 is 0 Å². The van der Waals surface area contributed by atoms with Crippen LogP contribution in [0.2, 0.25) is 0 Å². The van der Waals surface area contributed by atoms with Crippen molar-refractivity contribution in [1.29, 1.82) is 0 Å². The SMILES string of the molecule is CC(OCC(F)(F)F)C(=O)N(C)CC(=O)O. The largest absolute Gasteiger partial charge is 0.480 e. The molecule has 0 aliphatic carbocycles. The number of ether oxygens (including phenoxy) is 1. The zero-order valence-electron chi connectivity index (χ0n) is 8.74. The molecule has 0 aliphatic rings. The smallest absolute Gasteiger partial charge is 0.411 e. The van der Waals surface area contributed by atoms with Crippen molar-refractivity contribution in [2.75, 3.05) is 20.2 Å². The molecule has 16 heavy (non-hydrogen) atoms. The third kappa shape index (κ3) is 6.23. The second kappa shape index (κ2) is 5.69. The van der Waals surface area contributed by atoms with E-state index in [9.17, 15) is 22.8 Å². The lowest BCUT2D eigenvalue weighted by molar-refractivity contribution is -0.188. The van der Waals surface area contributed by atoms with Crippen LogP contribution in [0.1, 0.15) is 6.92 Å². The van der Waals surface area contributed by atoms with E-state index in [4.69, 9.17) is 5.11 Å². The summed E-state index contributed by atoms with van der Waals surface area (Å²) in [7, 11) is 1.17. The zero-order valence-corrected chi connectivity index (χ0v) is 8.74. The molecule has 0 aromatic rings. The van der Waals surface area contributed by atoms with Gasteiger partial charge in [-0.2, -0.15) is 13.2 Å². The van der Waals surface area contributed by atoms with Crippen molar-refractivity contribution in [1.82, 2.24) is 4.90 Å². The summed E-state index contributed by atoms with van der Waals surface area (Å²) in [6, 6.07) is 0. The van der Waals surface area contributed by atoms with Gasteiger partial charge in [-0.05, 0) is 6.92 Å². The monoisotopic (exact) mass is 243 g/mol. The average molecular weight is 243 g/mol. The first kappa shape index (κ1) is 14.7. The molecule has 0 aromatic carbocycles. The highest BCUT2D eigenvalue weighted by molar-refractivity contribution is 5.84. The Morgan fingerprint density at radius 2 is 1.94 bits per heavy atom. The first-order chi connectivity index (χ1) is 7.13. The van der Waals surface area contributed by atoms with E-state index in [2.05, 4.69) is 4.74 Å². The fraction of sp³-hybridized carbons (Fsp3) is 0.750. The molecule has 0 fully saturated rings. The van der Waals surface area contributed by atoms with Gasteiger partial charge < -0.3 is 14.7 Å². The fourth-order valence-corrected chi connectivity index (χ4v) is 0.882. The molecule has 1 atom stereocenters. The predicted octanol–water partition coefficient (Wildman–Crippen LogP) is 0.497. The first-order valence-electron chi connectivity index (χ1n) is 4.28. The maximum absolute atomic E-state index is 11.7. The average Bonchev–Trinajstić information content (AvgIpc) is 2.10. The number of alkyl halides is 3. The highest BCUT2D eigenvalue weighted by Crippen LogP contribution is 2.15. The molecule has 8 heteroatoms. The molecule has 0 aromatic heterocycles. The normalized spacial score (nSPS) is 13.3. The minimum atomic E-state index is -4.51. The third-order valence-electron chi connectivity index (χ3n) is 1.59. The number of aliphatic carboxylic acids is 1. The lowest BCUT2D eigenvalue weighted by Gasteiger charge is -2.20. The van der Waals surface area contributed by atoms with Crippen LogP contribution in [0.15, 0.2) is 0 Å². The summed E-state index contributed by atoms with van der Waals surface area (Å²) in [5.41, 5.74) is 0. The zero-order chi connectivity index (χ0) is 12.9. The van der Waals surface area contributed by atoms with Crippen molar-refractivity contribution in [3.63, 3.8) is 0 Å². The van der Waals surface area contributed by atoms with Gasteiger partial charge in [-0.15, -0.1) is 0 Å². The molecule has 0 aliphatic heterocycles. The number of carboxylic acids is 1. The van der Waals surface area contributed by atoms with Gasteiger partial charge in [0.25, 0.3) is 5.91 Å².